The van der Waals surface area contributed by atoms with Gasteiger partial charge in [0.05, 0.1) is 6.54 Å². The molecule has 1 amide bonds. The molecule has 4 nitrogen and oxygen atoms in total. The van der Waals surface area contributed by atoms with Crippen molar-refractivity contribution in [3.05, 3.63) is 24.3 Å². The fourth-order valence-electron chi connectivity index (χ4n) is 1.59. The number of carbonyl (C=O) groups excluding carboxylic acids is 1. The first-order chi connectivity index (χ1) is 7.66. The highest BCUT2D eigenvalue weighted by Crippen LogP contribution is 2.30. The van der Waals surface area contributed by atoms with Gasteiger partial charge in [0.25, 0.3) is 0 Å². The molecule has 0 radical (unpaired) electrons. The van der Waals surface area contributed by atoms with Gasteiger partial charge < -0.3 is 14.4 Å². The van der Waals surface area contributed by atoms with Gasteiger partial charge in [0.1, 0.15) is 6.61 Å². The molecular formula is C12H15NO3. The maximum absolute atomic E-state index is 11.1. The Kier molecular flexibility index (Phi) is 2.99. The van der Waals surface area contributed by atoms with Gasteiger partial charge in [-0.1, -0.05) is 12.1 Å². The molecule has 0 N–H and O–H groups in total. The predicted molar refractivity (Wildman–Crippen MR) is 59.7 cm³/mol. The van der Waals surface area contributed by atoms with Crippen LogP contribution in [0, 0.1) is 0 Å². The van der Waals surface area contributed by atoms with Gasteiger partial charge >= 0.3 is 0 Å². The second-order valence-corrected chi connectivity index (χ2v) is 3.90. The molecule has 0 bridgehead atoms. The van der Waals surface area contributed by atoms with E-state index in [1.165, 1.54) is 6.92 Å². The zero-order valence-corrected chi connectivity index (χ0v) is 9.47. The lowest BCUT2D eigenvalue weighted by atomic mass is 10.2. The van der Waals surface area contributed by atoms with E-state index < -0.39 is 0 Å². The molecule has 1 aliphatic heterocycles. The molecule has 0 saturated heterocycles. The highest BCUT2D eigenvalue weighted by atomic mass is 16.6. The van der Waals surface area contributed by atoms with Gasteiger partial charge in [-0.05, 0) is 12.1 Å². The summed E-state index contributed by atoms with van der Waals surface area (Å²) in [4.78, 5) is 12.7. The summed E-state index contributed by atoms with van der Waals surface area (Å²) in [5.74, 6) is 1.54. The van der Waals surface area contributed by atoms with E-state index in [1.54, 1.807) is 11.9 Å². The number of hydrogen-bond acceptors (Lipinski definition) is 3. The van der Waals surface area contributed by atoms with Crippen molar-refractivity contribution in [1.29, 1.82) is 0 Å². The molecule has 0 unspecified atom stereocenters. The minimum absolute atomic E-state index is 0.0301. The van der Waals surface area contributed by atoms with Crippen LogP contribution in [-0.2, 0) is 4.79 Å². The van der Waals surface area contributed by atoms with Crippen LogP contribution in [0.5, 0.6) is 11.5 Å². The van der Waals surface area contributed by atoms with Crippen LogP contribution in [0.25, 0.3) is 0 Å². The van der Waals surface area contributed by atoms with Crippen molar-refractivity contribution in [2.75, 3.05) is 20.2 Å². The number of nitrogens with zero attached hydrogens (tertiary/aromatic N) is 1. The third kappa shape index (κ3) is 2.27. The van der Waals surface area contributed by atoms with Crippen molar-refractivity contribution in [2.45, 2.75) is 13.0 Å². The fourth-order valence-corrected chi connectivity index (χ4v) is 1.59. The maximum atomic E-state index is 11.1. The Morgan fingerprint density at radius 3 is 2.81 bits per heavy atom. The van der Waals surface area contributed by atoms with Gasteiger partial charge in [-0.25, -0.2) is 0 Å². The van der Waals surface area contributed by atoms with Crippen LogP contribution in [0.2, 0.25) is 0 Å². The van der Waals surface area contributed by atoms with Crippen LogP contribution in [0.3, 0.4) is 0 Å². The Bertz CT molecular complexity index is 392. The van der Waals surface area contributed by atoms with E-state index in [1.807, 2.05) is 24.3 Å². The SMILES string of the molecule is CC(=O)N(C)C[C@H]1COc2ccccc2O1. The summed E-state index contributed by atoms with van der Waals surface area (Å²) in [6, 6.07) is 7.55. The molecule has 0 fully saturated rings. The van der Waals surface area contributed by atoms with Crippen molar-refractivity contribution in [3.8, 4) is 11.5 Å². The number of ether oxygens (including phenoxy) is 2. The van der Waals surface area contributed by atoms with E-state index in [9.17, 15) is 4.79 Å². The molecular weight excluding hydrogens is 206 g/mol. The molecule has 1 heterocycles. The highest BCUT2D eigenvalue weighted by molar-refractivity contribution is 5.72. The maximum Gasteiger partial charge on any atom is 0.219 e. The zero-order valence-electron chi connectivity index (χ0n) is 9.47. The van der Waals surface area contributed by atoms with Crippen molar-refractivity contribution in [2.24, 2.45) is 0 Å². The molecule has 1 aromatic carbocycles. The minimum Gasteiger partial charge on any atom is -0.486 e. The number of hydrogen-bond donors (Lipinski definition) is 0. The third-order valence-electron chi connectivity index (χ3n) is 2.58. The Morgan fingerprint density at radius 2 is 2.12 bits per heavy atom. The normalized spacial score (nSPS) is 18.0. The molecule has 4 heteroatoms. The summed E-state index contributed by atoms with van der Waals surface area (Å²) in [5, 5.41) is 0. The first-order valence-corrected chi connectivity index (χ1v) is 5.27. The van der Waals surface area contributed by atoms with Crippen LogP contribution in [0.15, 0.2) is 24.3 Å². The number of carbonyl (C=O) groups is 1. The van der Waals surface area contributed by atoms with Gasteiger partial charge in [0, 0.05) is 14.0 Å². The Labute approximate surface area is 94.8 Å². The number of likely N-dealkylation sites (N-methyl/N-ethyl adjacent to an activating group) is 1. The van der Waals surface area contributed by atoms with Crippen LogP contribution in [-0.4, -0.2) is 37.1 Å². The second kappa shape index (κ2) is 4.43. The smallest absolute Gasteiger partial charge is 0.219 e. The van der Waals surface area contributed by atoms with Crippen LogP contribution in [0.1, 0.15) is 6.92 Å². The van der Waals surface area contributed by atoms with Gasteiger partial charge in [0.2, 0.25) is 5.91 Å². The molecule has 0 aromatic heterocycles. The molecule has 0 aliphatic carbocycles. The van der Waals surface area contributed by atoms with Gasteiger partial charge in [0.15, 0.2) is 17.6 Å². The lowest BCUT2D eigenvalue weighted by Crippen LogP contribution is -2.41. The lowest BCUT2D eigenvalue weighted by molar-refractivity contribution is -0.128. The van der Waals surface area contributed by atoms with Gasteiger partial charge in [-0.2, -0.15) is 0 Å². The molecule has 0 spiro atoms. The first-order valence-electron chi connectivity index (χ1n) is 5.27. The number of benzene rings is 1. The average molecular weight is 221 g/mol. The summed E-state index contributed by atoms with van der Waals surface area (Å²) >= 11 is 0. The fraction of sp³-hybridized carbons (Fsp3) is 0.417. The molecule has 16 heavy (non-hydrogen) atoms. The monoisotopic (exact) mass is 221 g/mol. The van der Waals surface area contributed by atoms with Crippen LogP contribution >= 0.6 is 0 Å². The predicted octanol–water partition coefficient (Wildman–Crippen LogP) is 1.30. The van der Waals surface area contributed by atoms with Crippen LogP contribution < -0.4 is 9.47 Å². The van der Waals surface area contributed by atoms with Gasteiger partial charge in [-0.3, -0.25) is 4.79 Å². The molecule has 2 rings (SSSR count). The molecule has 1 aromatic rings. The third-order valence-corrected chi connectivity index (χ3v) is 2.58. The molecule has 1 aliphatic rings. The number of fused-ring (bicyclic) bond motifs is 1. The molecule has 0 saturated carbocycles. The van der Waals surface area contributed by atoms with E-state index in [2.05, 4.69) is 0 Å². The summed E-state index contributed by atoms with van der Waals surface area (Å²) in [6.07, 6.45) is -0.0937. The van der Waals surface area contributed by atoms with E-state index in [-0.39, 0.29) is 12.0 Å². The second-order valence-electron chi connectivity index (χ2n) is 3.90. The molecule has 1 atom stereocenters. The van der Waals surface area contributed by atoms with E-state index >= 15 is 0 Å². The summed E-state index contributed by atoms with van der Waals surface area (Å²) in [7, 11) is 1.76. The zero-order chi connectivity index (χ0) is 11.5. The quantitative estimate of drug-likeness (QED) is 0.755. The highest BCUT2D eigenvalue weighted by Gasteiger charge is 2.22. The van der Waals surface area contributed by atoms with Gasteiger partial charge in [-0.15, -0.1) is 0 Å². The topological polar surface area (TPSA) is 38.8 Å². The Morgan fingerprint density at radius 1 is 1.44 bits per heavy atom. The number of amides is 1. The summed E-state index contributed by atoms with van der Waals surface area (Å²) in [6.45, 7) is 2.57. The van der Waals surface area contributed by atoms with Crippen molar-refractivity contribution >= 4 is 5.91 Å². The van der Waals surface area contributed by atoms with E-state index in [0.717, 1.165) is 11.5 Å². The number of rotatable bonds is 2. The average Bonchev–Trinajstić information content (AvgIpc) is 2.28. The Balaban J connectivity index is 2.00. The van der Waals surface area contributed by atoms with Crippen molar-refractivity contribution < 1.29 is 14.3 Å². The van der Waals surface area contributed by atoms with Crippen molar-refractivity contribution in [1.82, 2.24) is 4.90 Å². The van der Waals surface area contributed by atoms with E-state index in [4.69, 9.17) is 9.47 Å². The largest absolute Gasteiger partial charge is 0.486 e. The van der Waals surface area contributed by atoms with E-state index in [0.29, 0.717) is 13.2 Å². The lowest BCUT2D eigenvalue weighted by Gasteiger charge is -2.29. The summed E-state index contributed by atoms with van der Waals surface area (Å²) in [5.41, 5.74) is 0. The molecule has 86 valence electrons. The summed E-state index contributed by atoms with van der Waals surface area (Å²) < 4.78 is 11.3. The standard InChI is InChI=1S/C12H15NO3/c1-9(14)13(2)7-10-8-15-11-5-3-4-6-12(11)16-10/h3-6,10H,7-8H2,1-2H3/t10-/m0/s1. The van der Waals surface area contributed by atoms with Crippen molar-refractivity contribution in [3.63, 3.8) is 0 Å². The minimum atomic E-state index is -0.0937. The first kappa shape index (κ1) is 10.8. The Hall–Kier alpha value is -1.71. The number of para-hydroxylation sites is 2. The van der Waals surface area contributed by atoms with Crippen LogP contribution in [0.4, 0.5) is 0 Å².